The lowest BCUT2D eigenvalue weighted by Crippen LogP contribution is -2.29. The molecule has 1 atom stereocenters. The van der Waals surface area contributed by atoms with Crippen molar-refractivity contribution in [3.8, 4) is 0 Å². The van der Waals surface area contributed by atoms with E-state index in [4.69, 9.17) is 9.40 Å². The summed E-state index contributed by atoms with van der Waals surface area (Å²) in [6.07, 6.45) is 6.19. The van der Waals surface area contributed by atoms with Crippen LogP contribution in [0.25, 0.3) is 11.2 Å². The minimum atomic E-state index is -0.0445. The maximum absolute atomic E-state index is 12.5. The number of fused-ring (bicyclic) bond motifs is 1. The van der Waals surface area contributed by atoms with Crippen LogP contribution in [0, 0.1) is 0 Å². The van der Waals surface area contributed by atoms with Gasteiger partial charge in [-0.3, -0.25) is 4.79 Å². The van der Waals surface area contributed by atoms with Gasteiger partial charge in [0.05, 0.1) is 12.3 Å². The summed E-state index contributed by atoms with van der Waals surface area (Å²) < 4.78 is 7.47. The third-order valence-electron chi connectivity index (χ3n) is 4.54. The quantitative estimate of drug-likeness (QED) is 0.740. The van der Waals surface area contributed by atoms with Crippen molar-refractivity contribution in [2.45, 2.75) is 32.2 Å². The molecule has 0 bridgehead atoms. The average molecular weight is 324 g/mol. The number of carbonyl (C=O) groups is 1. The molecule has 0 radical (unpaired) electrons. The van der Waals surface area contributed by atoms with Gasteiger partial charge in [-0.2, -0.15) is 0 Å². The summed E-state index contributed by atoms with van der Waals surface area (Å²) in [5, 5.41) is 0. The van der Waals surface area contributed by atoms with Crippen molar-refractivity contribution in [3.05, 3.63) is 48.3 Å². The normalized spacial score (nSPS) is 17.7. The fourth-order valence-corrected chi connectivity index (χ4v) is 3.45. The molecule has 4 heterocycles. The first kappa shape index (κ1) is 14.9. The van der Waals surface area contributed by atoms with Crippen molar-refractivity contribution < 1.29 is 9.21 Å². The van der Waals surface area contributed by atoms with E-state index in [1.54, 1.807) is 18.3 Å². The summed E-state index contributed by atoms with van der Waals surface area (Å²) in [5.74, 6) is 1.42. The van der Waals surface area contributed by atoms with Crippen molar-refractivity contribution in [2.75, 3.05) is 13.1 Å². The van der Waals surface area contributed by atoms with Crippen LogP contribution in [-0.2, 0) is 6.42 Å². The molecule has 0 spiro atoms. The maximum atomic E-state index is 12.5. The Morgan fingerprint density at radius 3 is 3.08 bits per heavy atom. The molecule has 24 heavy (non-hydrogen) atoms. The number of furan rings is 1. The van der Waals surface area contributed by atoms with E-state index in [2.05, 4.69) is 16.5 Å². The Balaban J connectivity index is 1.64. The number of pyridine rings is 1. The largest absolute Gasteiger partial charge is 0.459 e. The first-order valence-electron chi connectivity index (χ1n) is 8.42. The third-order valence-corrected chi connectivity index (χ3v) is 4.54. The summed E-state index contributed by atoms with van der Waals surface area (Å²) in [4.78, 5) is 23.6. The molecule has 3 aromatic heterocycles. The van der Waals surface area contributed by atoms with Gasteiger partial charge >= 0.3 is 0 Å². The molecule has 1 amide bonds. The van der Waals surface area contributed by atoms with E-state index in [-0.39, 0.29) is 11.9 Å². The highest BCUT2D eigenvalue weighted by Crippen LogP contribution is 2.28. The molecule has 1 aliphatic heterocycles. The molecule has 1 fully saturated rings. The van der Waals surface area contributed by atoms with Gasteiger partial charge in [0.25, 0.3) is 5.91 Å². The van der Waals surface area contributed by atoms with E-state index in [1.165, 1.54) is 6.26 Å². The second kappa shape index (κ2) is 6.11. The summed E-state index contributed by atoms with van der Waals surface area (Å²) in [7, 11) is 0. The molecule has 1 aliphatic rings. The lowest BCUT2D eigenvalue weighted by atomic mass is 10.2. The number of aromatic nitrogens is 3. The number of aryl methyl sites for hydroxylation is 1. The van der Waals surface area contributed by atoms with Crippen LogP contribution >= 0.6 is 0 Å². The second-order valence-electron chi connectivity index (χ2n) is 6.17. The van der Waals surface area contributed by atoms with E-state index in [1.807, 2.05) is 17.0 Å². The average Bonchev–Trinajstić information content (AvgIpc) is 3.33. The van der Waals surface area contributed by atoms with Crippen LogP contribution < -0.4 is 0 Å². The highest BCUT2D eigenvalue weighted by molar-refractivity contribution is 5.91. The summed E-state index contributed by atoms with van der Waals surface area (Å²) in [5.41, 5.74) is 1.84. The molecule has 1 saturated heterocycles. The predicted molar refractivity (Wildman–Crippen MR) is 89.8 cm³/mol. The summed E-state index contributed by atoms with van der Waals surface area (Å²) >= 11 is 0. The molecule has 6 nitrogen and oxygen atoms in total. The number of nitrogens with zero attached hydrogens (tertiary/aromatic N) is 4. The zero-order chi connectivity index (χ0) is 16.5. The Bertz CT molecular complexity index is 853. The van der Waals surface area contributed by atoms with Crippen LogP contribution in [0.1, 0.15) is 42.2 Å². The predicted octanol–water partition coefficient (Wildman–Crippen LogP) is 3.06. The topological polar surface area (TPSA) is 64.2 Å². The van der Waals surface area contributed by atoms with Gasteiger partial charge in [0.1, 0.15) is 11.3 Å². The molecular weight excluding hydrogens is 304 g/mol. The van der Waals surface area contributed by atoms with Crippen LogP contribution in [0.5, 0.6) is 0 Å². The van der Waals surface area contributed by atoms with Crippen molar-refractivity contribution in [1.82, 2.24) is 19.4 Å². The van der Waals surface area contributed by atoms with Gasteiger partial charge in [-0.15, -0.1) is 0 Å². The second-order valence-corrected chi connectivity index (χ2v) is 6.17. The number of imidazole rings is 1. The fourth-order valence-electron chi connectivity index (χ4n) is 3.45. The Morgan fingerprint density at radius 2 is 2.29 bits per heavy atom. The van der Waals surface area contributed by atoms with Gasteiger partial charge in [0.2, 0.25) is 0 Å². The molecule has 6 heteroatoms. The first-order chi connectivity index (χ1) is 11.8. The van der Waals surface area contributed by atoms with Crippen molar-refractivity contribution in [1.29, 1.82) is 0 Å². The number of hydrogen-bond donors (Lipinski definition) is 0. The van der Waals surface area contributed by atoms with Crippen LogP contribution in [0.2, 0.25) is 0 Å². The highest BCUT2D eigenvalue weighted by atomic mass is 16.3. The lowest BCUT2D eigenvalue weighted by Gasteiger charge is -2.18. The van der Waals surface area contributed by atoms with E-state index in [9.17, 15) is 4.79 Å². The van der Waals surface area contributed by atoms with E-state index in [0.717, 1.165) is 42.8 Å². The Kier molecular flexibility index (Phi) is 3.80. The highest BCUT2D eigenvalue weighted by Gasteiger charge is 2.31. The van der Waals surface area contributed by atoms with E-state index >= 15 is 0 Å². The Morgan fingerprint density at radius 1 is 1.38 bits per heavy atom. The molecule has 0 aliphatic carbocycles. The lowest BCUT2D eigenvalue weighted by molar-refractivity contribution is 0.0756. The van der Waals surface area contributed by atoms with E-state index < -0.39 is 0 Å². The maximum Gasteiger partial charge on any atom is 0.289 e. The summed E-state index contributed by atoms with van der Waals surface area (Å²) in [6, 6.07) is 7.58. The van der Waals surface area contributed by atoms with Crippen molar-refractivity contribution in [2.24, 2.45) is 0 Å². The van der Waals surface area contributed by atoms with Crippen molar-refractivity contribution in [3.63, 3.8) is 0 Å². The third kappa shape index (κ3) is 2.48. The van der Waals surface area contributed by atoms with Gasteiger partial charge in [-0.25, -0.2) is 9.97 Å². The molecule has 0 saturated carbocycles. The Labute approximate surface area is 140 Å². The number of likely N-dealkylation sites (tertiary alicyclic amines) is 1. The molecular formula is C18H20N4O2. The molecule has 0 unspecified atom stereocenters. The molecule has 3 aromatic rings. The number of hydrogen-bond acceptors (Lipinski definition) is 4. The zero-order valence-corrected chi connectivity index (χ0v) is 13.7. The van der Waals surface area contributed by atoms with Crippen LogP contribution in [-0.4, -0.2) is 38.4 Å². The van der Waals surface area contributed by atoms with Crippen molar-refractivity contribution >= 4 is 17.1 Å². The molecule has 0 aromatic carbocycles. The molecule has 4 rings (SSSR count). The number of carbonyl (C=O) groups excluding carboxylic acids is 1. The Hall–Kier alpha value is -2.63. The fraction of sp³-hybridized carbons (Fsp3) is 0.389. The standard InChI is InChI=1S/C18H20N4O2/c1-2-5-16-20-14-6-3-9-19-17(14)22(16)13-8-10-21(12-13)18(23)15-7-4-11-24-15/h3-4,6-7,9,11,13H,2,5,8,10,12H2,1H3/t13-/m0/s1. The van der Waals surface area contributed by atoms with Gasteiger partial charge in [-0.1, -0.05) is 6.92 Å². The summed E-state index contributed by atoms with van der Waals surface area (Å²) in [6.45, 7) is 3.54. The zero-order valence-electron chi connectivity index (χ0n) is 13.7. The van der Waals surface area contributed by atoms with Gasteiger partial charge in [0, 0.05) is 25.7 Å². The smallest absolute Gasteiger partial charge is 0.289 e. The number of rotatable bonds is 4. The number of amides is 1. The SMILES string of the molecule is CCCc1nc2cccnc2n1[C@H]1CCN(C(=O)c2ccco2)C1. The van der Waals surface area contributed by atoms with Gasteiger partial charge in [0.15, 0.2) is 11.4 Å². The monoisotopic (exact) mass is 324 g/mol. The van der Waals surface area contributed by atoms with Crippen LogP contribution in [0.15, 0.2) is 41.1 Å². The van der Waals surface area contributed by atoms with Gasteiger partial charge in [-0.05, 0) is 37.1 Å². The minimum Gasteiger partial charge on any atom is -0.459 e. The minimum absolute atomic E-state index is 0.0445. The molecule has 124 valence electrons. The van der Waals surface area contributed by atoms with Crippen LogP contribution in [0.4, 0.5) is 0 Å². The van der Waals surface area contributed by atoms with Crippen LogP contribution in [0.3, 0.4) is 0 Å². The first-order valence-corrected chi connectivity index (χ1v) is 8.42. The van der Waals surface area contributed by atoms with E-state index in [0.29, 0.717) is 12.3 Å². The molecule has 0 N–H and O–H groups in total. The van der Waals surface area contributed by atoms with Gasteiger partial charge < -0.3 is 13.9 Å².